The lowest BCUT2D eigenvalue weighted by Gasteiger charge is -2.41. The fourth-order valence-corrected chi connectivity index (χ4v) is 6.98. The normalized spacial score (nSPS) is 21.7. The van der Waals surface area contributed by atoms with Crippen LogP contribution in [0.4, 0.5) is 0 Å². The Morgan fingerprint density at radius 1 is 0.667 bits per heavy atom. The molecule has 0 saturated carbocycles. The molecule has 63 heavy (non-hydrogen) atoms. The Morgan fingerprint density at radius 3 is 1.75 bits per heavy atom. The average Bonchev–Trinajstić information content (AvgIpc) is 3.29. The van der Waals surface area contributed by atoms with Crippen molar-refractivity contribution in [1.82, 2.24) is 0 Å². The van der Waals surface area contributed by atoms with Crippen molar-refractivity contribution in [2.45, 2.75) is 128 Å². The highest BCUT2D eigenvalue weighted by Crippen LogP contribution is 2.41. The first-order chi connectivity index (χ1) is 30.5. The van der Waals surface area contributed by atoms with Gasteiger partial charge in [-0.15, -0.1) is 0 Å². The molecule has 0 aliphatic carbocycles. The van der Waals surface area contributed by atoms with E-state index in [1.807, 2.05) is 37.3 Å². The zero-order valence-electron chi connectivity index (χ0n) is 37.4. The van der Waals surface area contributed by atoms with Crippen molar-refractivity contribution in [1.29, 1.82) is 0 Å². The summed E-state index contributed by atoms with van der Waals surface area (Å²) in [5.41, 5.74) is 2.84. The third-order valence-corrected chi connectivity index (χ3v) is 10.2. The van der Waals surface area contributed by atoms with Crippen molar-refractivity contribution in [3.05, 3.63) is 116 Å². The predicted octanol–water partition coefficient (Wildman–Crippen LogP) is 10.3. The van der Waals surface area contributed by atoms with Gasteiger partial charge in [0.25, 0.3) is 0 Å². The predicted molar refractivity (Wildman–Crippen MR) is 237 cm³/mol. The first kappa shape index (κ1) is 50.0. The van der Waals surface area contributed by atoms with Crippen LogP contribution in [0.25, 0.3) is 0 Å². The molecule has 9 unspecified atom stereocenters. The second kappa shape index (κ2) is 26.7. The first-order valence-electron chi connectivity index (χ1n) is 21.1. The van der Waals surface area contributed by atoms with Crippen LogP contribution in [-0.2, 0) is 33.2 Å². The molecule has 0 aromatic heterocycles. The Morgan fingerprint density at radius 2 is 1.21 bits per heavy atom. The maximum atomic E-state index is 9.81. The molecule has 13 heteroatoms. The van der Waals surface area contributed by atoms with E-state index in [-0.39, 0.29) is 30.5 Å². The lowest BCUT2D eigenvalue weighted by atomic mass is 9.96. The minimum absolute atomic E-state index is 0.0408. The average molecular weight is 871 g/mol. The molecule has 340 valence electrons. The van der Waals surface area contributed by atoms with Gasteiger partial charge >= 0.3 is 0 Å². The number of aliphatic hydroxyl groups is 1. The Labute approximate surface area is 372 Å². The molecule has 2 fully saturated rings. The third kappa shape index (κ3) is 16.2. The lowest BCUT2D eigenvalue weighted by Crippen LogP contribution is -2.41. The third-order valence-electron chi connectivity index (χ3n) is 10.2. The zero-order chi connectivity index (χ0) is 45.6. The molecule has 0 radical (unpaired) electrons. The van der Waals surface area contributed by atoms with Gasteiger partial charge in [-0.1, -0.05) is 58.7 Å². The van der Waals surface area contributed by atoms with E-state index in [1.165, 1.54) is 37.9 Å². The molecule has 0 amide bonds. The first-order valence-corrected chi connectivity index (χ1v) is 21.1. The van der Waals surface area contributed by atoms with E-state index in [1.54, 1.807) is 32.2 Å². The van der Waals surface area contributed by atoms with Crippen LogP contribution in [-0.4, -0.2) is 56.1 Å². The molecule has 9 atom stereocenters. The van der Waals surface area contributed by atoms with Gasteiger partial charge in [-0.05, 0) is 87.1 Å². The van der Waals surface area contributed by atoms with Gasteiger partial charge in [0.05, 0.1) is 63.5 Å². The molecule has 2 heterocycles. The van der Waals surface area contributed by atoms with E-state index in [2.05, 4.69) is 77.1 Å². The fourth-order valence-electron chi connectivity index (χ4n) is 6.98. The number of hydrogen-bond donors (Lipinski definition) is 1. The second-order valence-electron chi connectivity index (χ2n) is 14.8. The van der Waals surface area contributed by atoms with Gasteiger partial charge in [-0.2, -0.15) is 0 Å². The summed E-state index contributed by atoms with van der Waals surface area (Å²) in [7, 11) is 3.09. The SMILES string of the molecule is C=COC#COc1ccc(C2OC(CC)CC(CC3CC(CC(C)OC(C)O)OC(c4ccc(OC)c(OC#COC=C)c4)O3)O2)cc1OC.C=COc1ccc(C(C)CC)cc1. The number of benzene rings is 3. The summed E-state index contributed by atoms with van der Waals surface area (Å²) in [4.78, 5) is 0. The van der Waals surface area contributed by atoms with Gasteiger partial charge in [0.2, 0.25) is 0 Å². The van der Waals surface area contributed by atoms with Crippen molar-refractivity contribution in [3.63, 3.8) is 0 Å². The van der Waals surface area contributed by atoms with Crippen molar-refractivity contribution >= 4 is 0 Å². The van der Waals surface area contributed by atoms with Gasteiger partial charge in [0.1, 0.15) is 5.75 Å². The number of hydrogen-bond acceptors (Lipinski definition) is 13. The summed E-state index contributed by atoms with van der Waals surface area (Å²) in [6.07, 6.45) is 14.6. The molecular formula is C50H62O13. The summed E-state index contributed by atoms with van der Waals surface area (Å²) in [6, 6.07) is 18.9. The molecule has 3 aromatic carbocycles. The van der Waals surface area contributed by atoms with Crippen LogP contribution in [0.1, 0.15) is 108 Å². The molecule has 3 aromatic rings. The second-order valence-corrected chi connectivity index (χ2v) is 14.8. The topological polar surface area (TPSA) is 131 Å². The molecule has 1 N–H and O–H groups in total. The molecule has 2 saturated heterocycles. The van der Waals surface area contributed by atoms with E-state index < -0.39 is 18.9 Å². The maximum absolute atomic E-state index is 9.81. The molecular weight excluding hydrogens is 809 g/mol. The van der Waals surface area contributed by atoms with E-state index in [0.29, 0.717) is 60.2 Å². The van der Waals surface area contributed by atoms with E-state index in [4.69, 9.17) is 56.8 Å². The Hall–Kier alpha value is -5.64. The van der Waals surface area contributed by atoms with Gasteiger partial charge in [-0.3, -0.25) is 0 Å². The highest BCUT2D eigenvalue weighted by molar-refractivity contribution is 5.45. The highest BCUT2D eigenvalue weighted by atomic mass is 16.7. The van der Waals surface area contributed by atoms with Crippen molar-refractivity contribution in [2.75, 3.05) is 14.2 Å². The summed E-state index contributed by atoms with van der Waals surface area (Å²) in [6.45, 7) is 20.4. The molecule has 5 rings (SSSR count). The quantitative estimate of drug-likeness (QED) is 0.0697. The van der Waals surface area contributed by atoms with Crippen LogP contribution in [0.5, 0.6) is 28.7 Å². The van der Waals surface area contributed by atoms with Gasteiger partial charge < -0.3 is 61.9 Å². The van der Waals surface area contributed by atoms with Gasteiger partial charge in [-0.25, -0.2) is 0 Å². The van der Waals surface area contributed by atoms with Crippen LogP contribution in [0, 0.1) is 24.4 Å². The Bertz CT molecular complexity index is 1990. The van der Waals surface area contributed by atoms with Crippen LogP contribution >= 0.6 is 0 Å². The molecule has 13 nitrogen and oxygen atoms in total. The van der Waals surface area contributed by atoms with Crippen LogP contribution in [0.2, 0.25) is 0 Å². The summed E-state index contributed by atoms with van der Waals surface area (Å²) >= 11 is 0. The van der Waals surface area contributed by atoms with Crippen molar-refractivity contribution < 1.29 is 61.9 Å². The highest BCUT2D eigenvalue weighted by Gasteiger charge is 2.38. The maximum Gasteiger partial charge on any atom is 0.184 e. The minimum atomic E-state index is -0.902. The molecule has 0 spiro atoms. The van der Waals surface area contributed by atoms with Gasteiger partial charge in [0, 0.05) is 30.4 Å². The standard InChI is InChI=1S/C38H46O12.C12H16O/c1-8-29-22-31(49-37(47-29)27-12-14-34(35(20-27)41-7)44-17-15-42-9-2)24-32-23-30(19-25(4)46-26(5)39)48-38(50-32)28-11-13-33(40-6)36(21-28)45-18-16-43-10-3;1-4-10(3)11-6-8-12(9-7-11)13-5-2/h9-14,20-21,25-26,29-32,37-39H,2-3,8,19,22-24H2,1,4-7H3;5-10H,2,4H2,1,3H3. The molecule has 2 aliphatic rings. The summed E-state index contributed by atoms with van der Waals surface area (Å²) in [5, 5.41) is 9.81. The van der Waals surface area contributed by atoms with E-state index in [0.717, 1.165) is 17.7 Å². The monoisotopic (exact) mass is 870 g/mol. The Balaban J connectivity index is 0.000000572. The smallest absolute Gasteiger partial charge is 0.184 e. The fraction of sp³-hybridized carbons (Fsp3) is 0.440. The van der Waals surface area contributed by atoms with Crippen LogP contribution in [0.3, 0.4) is 0 Å². The number of ether oxygens (including phenoxy) is 12. The van der Waals surface area contributed by atoms with E-state index in [9.17, 15) is 5.11 Å². The molecule has 0 bridgehead atoms. The van der Waals surface area contributed by atoms with Crippen molar-refractivity contribution in [2.24, 2.45) is 0 Å². The minimum Gasteiger partial charge on any atom is -0.493 e. The van der Waals surface area contributed by atoms with Crippen LogP contribution in [0.15, 0.2) is 99.2 Å². The Kier molecular flexibility index (Phi) is 21.2. The summed E-state index contributed by atoms with van der Waals surface area (Å²) < 4.78 is 68.4. The largest absolute Gasteiger partial charge is 0.493 e. The zero-order valence-corrected chi connectivity index (χ0v) is 37.4. The van der Waals surface area contributed by atoms with Crippen molar-refractivity contribution in [3.8, 4) is 53.2 Å². The van der Waals surface area contributed by atoms with Gasteiger partial charge in [0.15, 0.2) is 66.3 Å². The number of methoxy groups -OCH3 is 2. The summed E-state index contributed by atoms with van der Waals surface area (Å²) in [5.74, 6) is 3.20. The number of rotatable bonds is 19. The van der Waals surface area contributed by atoms with Crippen LogP contribution < -0.4 is 23.7 Å². The van der Waals surface area contributed by atoms with E-state index >= 15 is 0 Å². The number of aliphatic hydroxyl groups excluding tert-OH is 1. The lowest BCUT2D eigenvalue weighted by molar-refractivity contribution is -0.280. The molecule has 2 aliphatic heterocycles.